The molecule has 2 rings (SSSR count). The van der Waals surface area contributed by atoms with Crippen molar-refractivity contribution in [2.24, 2.45) is 0 Å². The summed E-state index contributed by atoms with van der Waals surface area (Å²) in [5.41, 5.74) is 2.97. The van der Waals surface area contributed by atoms with Crippen molar-refractivity contribution in [2.45, 2.75) is 20.4 Å². The normalized spacial score (nSPS) is 11.8. The third-order valence-corrected chi connectivity index (χ3v) is 4.16. The molecule has 2 aromatic rings. The largest absolute Gasteiger partial charge is 0.372 e. The van der Waals surface area contributed by atoms with E-state index in [2.05, 4.69) is 24.1 Å². The van der Waals surface area contributed by atoms with Gasteiger partial charge in [0.25, 0.3) is 5.91 Å². The number of likely N-dealkylation sites (N-methyl/N-ethyl adjacent to an activating group) is 1. The quantitative estimate of drug-likeness (QED) is 0.771. The number of carbonyl (C=O) groups is 1. The summed E-state index contributed by atoms with van der Waals surface area (Å²) < 4.78 is 12.9. The van der Waals surface area contributed by atoms with Crippen molar-refractivity contribution < 1.29 is 14.1 Å². The first-order valence-corrected chi connectivity index (χ1v) is 8.72. The van der Waals surface area contributed by atoms with Crippen molar-refractivity contribution in [3.63, 3.8) is 0 Å². The second-order valence-electron chi connectivity index (χ2n) is 6.20. The van der Waals surface area contributed by atoms with E-state index in [1.165, 1.54) is 12.1 Å². The molecule has 134 valence electrons. The minimum atomic E-state index is -0.243. The van der Waals surface area contributed by atoms with E-state index < -0.39 is 0 Å². The van der Waals surface area contributed by atoms with Crippen LogP contribution in [0, 0.1) is 5.82 Å². The summed E-state index contributed by atoms with van der Waals surface area (Å²) >= 11 is 0. The van der Waals surface area contributed by atoms with Crippen molar-refractivity contribution in [2.75, 3.05) is 36.9 Å². The zero-order valence-electron chi connectivity index (χ0n) is 15.2. The van der Waals surface area contributed by atoms with Gasteiger partial charge in [-0.3, -0.25) is 4.79 Å². The maximum atomic E-state index is 12.9. The Morgan fingerprint density at radius 1 is 1.04 bits per heavy atom. The average Bonchev–Trinajstić information content (AvgIpc) is 2.59. The predicted octanol–water partition coefficient (Wildman–Crippen LogP) is 2.33. The fourth-order valence-corrected chi connectivity index (χ4v) is 2.84. The second-order valence-corrected chi connectivity index (χ2v) is 6.20. The molecule has 0 saturated carbocycles. The Morgan fingerprint density at radius 2 is 1.64 bits per heavy atom. The number of carbonyl (C=O) groups excluding carboxylic acids is 1. The van der Waals surface area contributed by atoms with Crippen LogP contribution in [0.2, 0.25) is 0 Å². The van der Waals surface area contributed by atoms with Gasteiger partial charge in [0.15, 0.2) is 6.54 Å². The van der Waals surface area contributed by atoms with Crippen LogP contribution in [0.25, 0.3) is 0 Å². The number of rotatable bonds is 8. The maximum absolute atomic E-state index is 12.9. The molecule has 0 bridgehead atoms. The molecule has 1 amide bonds. The van der Waals surface area contributed by atoms with Crippen molar-refractivity contribution in [1.82, 2.24) is 0 Å². The topological polar surface area (TPSA) is 36.8 Å². The molecule has 4 nitrogen and oxygen atoms in total. The number of halogens is 1. The first-order valence-electron chi connectivity index (χ1n) is 8.72. The number of quaternary nitrogens is 1. The smallest absolute Gasteiger partial charge is 0.279 e. The van der Waals surface area contributed by atoms with Crippen LogP contribution in [0.3, 0.4) is 0 Å². The number of nitrogens with one attached hydrogen (secondary N) is 2. The lowest BCUT2D eigenvalue weighted by Gasteiger charge is -2.21. The molecule has 2 N–H and O–H groups in total. The van der Waals surface area contributed by atoms with Crippen LogP contribution in [0.1, 0.15) is 19.4 Å². The van der Waals surface area contributed by atoms with Gasteiger partial charge in [-0.05, 0) is 50.2 Å². The van der Waals surface area contributed by atoms with E-state index in [0.29, 0.717) is 13.1 Å². The molecule has 1 atom stereocenters. The van der Waals surface area contributed by atoms with Gasteiger partial charge < -0.3 is 15.1 Å². The molecule has 0 aliphatic carbocycles. The summed E-state index contributed by atoms with van der Waals surface area (Å²) in [5.74, 6) is -0.275. The van der Waals surface area contributed by atoms with Gasteiger partial charge in [-0.15, -0.1) is 0 Å². The molecule has 1 unspecified atom stereocenters. The number of amides is 1. The van der Waals surface area contributed by atoms with Gasteiger partial charge in [-0.2, -0.15) is 0 Å². The summed E-state index contributed by atoms with van der Waals surface area (Å²) in [5, 5.41) is 2.93. The lowest BCUT2D eigenvalue weighted by atomic mass is 10.2. The van der Waals surface area contributed by atoms with E-state index in [0.717, 1.165) is 34.9 Å². The third-order valence-electron chi connectivity index (χ3n) is 4.16. The molecule has 0 aliphatic rings. The SMILES string of the molecule is CCN(CC)c1ccc(NC(=O)C[NH+](C)Cc2ccc(F)cc2)cc1. The first-order chi connectivity index (χ1) is 12.0. The van der Waals surface area contributed by atoms with Crippen LogP contribution in [0.15, 0.2) is 48.5 Å². The van der Waals surface area contributed by atoms with Gasteiger partial charge in [-0.25, -0.2) is 4.39 Å². The zero-order valence-corrected chi connectivity index (χ0v) is 15.2. The van der Waals surface area contributed by atoms with E-state index in [1.54, 1.807) is 12.1 Å². The lowest BCUT2D eigenvalue weighted by molar-refractivity contribution is -0.885. The molecule has 0 heterocycles. The summed E-state index contributed by atoms with van der Waals surface area (Å²) in [6.45, 7) is 7.20. The van der Waals surface area contributed by atoms with Crippen LogP contribution in [-0.4, -0.2) is 32.6 Å². The van der Waals surface area contributed by atoms with Crippen LogP contribution >= 0.6 is 0 Å². The van der Waals surface area contributed by atoms with E-state index in [1.807, 2.05) is 31.3 Å². The zero-order chi connectivity index (χ0) is 18.2. The summed E-state index contributed by atoms with van der Waals surface area (Å²) in [4.78, 5) is 15.5. The average molecular weight is 344 g/mol. The fourth-order valence-electron chi connectivity index (χ4n) is 2.84. The monoisotopic (exact) mass is 344 g/mol. The number of hydrogen-bond acceptors (Lipinski definition) is 2. The number of nitrogens with zero attached hydrogens (tertiary/aromatic N) is 1. The van der Waals surface area contributed by atoms with Crippen molar-refractivity contribution in [1.29, 1.82) is 0 Å². The van der Waals surface area contributed by atoms with Gasteiger partial charge in [0.1, 0.15) is 12.4 Å². The van der Waals surface area contributed by atoms with Gasteiger partial charge in [-0.1, -0.05) is 12.1 Å². The Morgan fingerprint density at radius 3 is 2.20 bits per heavy atom. The molecule has 25 heavy (non-hydrogen) atoms. The van der Waals surface area contributed by atoms with Gasteiger partial charge in [0.05, 0.1) is 7.05 Å². The molecule has 0 fully saturated rings. The molecule has 0 saturated heterocycles. The van der Waals surface area contributed by atoms with Crippen molar-refractivity contribution in [3.05, 3.63) is 59.9 Å². The highest BCUT2D eigenvalue weighted by Crippen LogP contribution is 2.17. The van der Waals surface area contributed by atoms with Crippen LogP contribution < -0.4 is 15.1 Å². The van der Waals surface area contributed by atoms with E-state index in [-0.39, 0.29) is 11.7 Å². The molecule has 0 spiro atoms. The molecule has 0 aliphatic heterocycles. The highest BCUT2D eigenvalue weighted by molar-refractivity contribution is 5.91. The second kappa shape index (κ2) is 9.18. The molecule has 5 heteroatoms. The van der Waals surface area contributed by atoms with E-state index in [4.69, 9.17) is 0 Å². The van der Waals surface area contributed by atoms with Crippen LogP contribution in [-0.2, 0) is 11.3 Å². The highest BCUT2D eigenvalue weighted by atomic mass is 19.1. The Labute approximate surface area is 149 Å². The van der Waals surface area contributed by atoms with Gasteiger partial charge >= 0.3 is 0 Å². The maximum Gasteiger partial charge on any atom is 0.279 e. The summed E-state index contributed by atoms with van der Waals surface area (Å²) in [6.07, 6.45) is 0. The van der Waals surface area contributed by atoms with Crippen LogP contribution in [0.4, 0.5) is 15.8 Å². The Kier molecular flexibility index (Phi) is 6.95. The van der Waals surface area contributed by atoms with Gasteiger partial charge in [0, 0.05) is 30.0 Å². The number of hydrogen-bond donors (Lipinski definition) is 2. The summed E-state index contributed by atoms with van der Waals surface area (Å²) in [7, 11) is 1.95. The molecule has 2 aromatic carbocycles. The first kappa shape index (κ1) is 18.9. The van der Waals surface area contributed by atoms with Crippen molar-refractivity contribution >= 4 is 17.3 Å². The Balaban J connectivity index is 1.85. The molecular formula is C20H27FN3O+. The third kappa shape index (κ3) is 5.87. The fraction of sp³-hybridized carbons (Fsp3) is 0.350. The van der Waals surface area contributed by atoms with E-state index in [9.17, 15) is 9.18 Å². The minimum Gasteiger partial charge on any atom is -0.372 e. The summed E-state index contributed by atoms with van der Waals surface area (Å²) in [6, 6.07) is 14.3. The lowest BCUT2D eigenvalue weighted by Crippen LogP contribution is -3.08. The van der Waals surface area contributed by atoms with Crippen molar-refractivity contribution in [3.8, 4) is 0 Å². The predicted molar refractivity (Wildman–Crippen MR) is 100 cm³/mol. The molecular weight excluding hydrogens is 317 g/mol. The van der Waals surface area contributed by atoms with Crippen LogP contribution in [0.5, 0.6) is 0 Å². The number of anilines is 2. The van der Waals surface area contributed by atoms with Gasteiger partial charge in [0.2, 0.25) is 0 Å². The minimum absolute atomic E-state index is 0.0322. The highest BCUT2D eigenvalue weighted by Gasteiger charge is 2.11. The Bertz CT molecular complexity index is 666. The molecule has 0 radical (unpaired) electrons. The Hall–Kier alpha value is -2.40. The standard InChI is InChI=1S/C20H26FN3O/c1-4-24(5-2)19-12-10-18(11-13-19)22-20(25)15-23(3)14-16-6-8-17(21)9-7-16/h6-13H,4-5,14-15H2,1-3H3,(H,22,25)/p+1. The van der Waals surface area contributed by atoms with E-state index >= 15 is 0 Å². The number of benzene rings is 2. The molecule has 0 aromatic heterocycles.